The largest absolute Gasteiger partial charge is 0.416 e. The minimum atomic E-state index is -4.45. The van der Waals surface area contributed by atoms with Gasteiger partial charge in [-0.15, -0.1) is 0 Å². The molecule has 1 heterocycles. The van der Waals surface area contributed by atoms with E-state index in [2.05, 4.69) is 26.2 Å². The van der Waals surface area contributed by atoms with Crippen LogP contribution >= 0.6 is 15.9 Å². The summed E-state index contributed by atoms with van der Waals surface area (Å²) in [4.78, 5) is 15.8. The van der Waals surface area contributed by atoms with E-state index in [0.717, 1.165) is 6.07 Å². The molecule has 0 aliphatic carbocycles. The van der Waals surface area contributed by atoms with Gasteiger partial charge in [-0.2, -0.15) is 13.2 Å². The van der Waals surface area contributed by atoms with Crippen LogP contribution in [0.2, 0.25) is 0 Å². The highest BCUT2D eigenvalue weighted by atomic mass is 79.9. The Morgan fingerprint density at radius 3 is 2.57 bits per heavy atom. The summed E-state index contributed by atoms with van der Waals surface area (Å²) in [6.45, 7) is 1.37. The number of halogens is 4. The predicted molar refractivity (Wildman–Crippen MR) is 76.1 cm³/mol. The van der Waals surface area contributed by atoms with E-state index >= 15 is 0 Å². The number of rotatable bonds is 2. The van der Waals surface area contributed by atoms with Crippen molar-refractivity contribution in [2.75, 3.05) is 5.32 Å². The smallest absolute Gasteiger partial charge is 0.322 e. The molecule has 0 saturated heterocycles. The average Bonchev–Trinajstić information content (AvgIpc) is 2.39. The summed E-state index contributed by atoms with van der Waals surface area (Å²) in [5.41, 5.74) is -0.278. The van der Waals surface area contributed by atoms with Gasteiger partial charge in [-0.3, -0.25) is 4.79 Å². The van der Waals surface area contributed by atoms with Gasteiger partial charge in [0.05, 0.1) is 5.56 Å². The zero-order valence-corrected chi connectivity index (χ0v) is 12.4. The molecular formula is C14H10BrF3N2O. The fourth-order valence-corrected chi connectivity index (χ4v) is 2.12. The molecule has 2 aromatic rings. The van der Waals surface area contributed by atoms with Crippen molar-refractivity contribution in [2.45, 2.75) is 13.1 Å². The maximum atomic E-state index is 12.8. The summed E-state index contributed by atoms with van der Waals surface area (Å²) in [7, 11) is 0. The third-order valence-electron chi connectivity index (χ3n) is 2.79. The average molecular weight is 359 g/mol. The van der Waals surface area contributed by atoms with E-state index in [1.165, 1.54) is 37.4 Å². The molecule has 0 atom stereocenters. The number of anilines is 1. The minimum Gasteiger partial charge on any atom is -0.322 e. The number of hydrogen-bond acceptors (Lipinski definition) is 2. The first-order chi connectivity index (χ1) is 9.77. The number of benzene rings is 1. The molecule has 0 radical (unpaired) electrons. The van der Waals surface area contributed by atoms with Gasteiger partial charge < -0.3 is 5.32 Å². The van der Waals surface area contributed by atoms with Crippen molar-refractivity contribution < 1.29 is 18.0 Å². The molecule has 0 unspecified atom stereocenters. The van der Waals surface area contributed by atoms with E-state index in [1.807, 2.05) is 0 Å². The standard InChI is InChI=1S/C14H10BrF3N2O/c1-8-2-3-10(7-11(8)14(16,17)18)20-13(21)9-4-5-19-12(15)6-9/h2-7H,1H3,(H,20,21). The number of carbonyl (C=O) groups excluding carboxylic acids is 1. The normalized spacial score (nSPS) is 11.3. The number of hydrogen-bond donors (Lipinski definition) is 1. The number of aryl methyl sites for hydroxylation is 1. The molecule has 21 heavy (non-hydrogen) atoms. The van der Waals surface area contributed by atoms with E-state index in [-0.39, 0.29) is 11.3 Å². The van der Waals surface area contributed by atoms with Crippen molar-refractivity contribution in [1.82, 2.24) is 4.98 Å². The Kier molecular flexibility index (Phi) is 4.32. The monoisotopic (exact) mass is 358 g/mol. The molecule has 0 aliphatic rings. The van der Waals surface area contributed by atoms with Gasteiger partial charge in [0.1, 0.15) is 4.60 Å². The fourth-order valence-electron chi connectivity index (χ4n) is 1.75. The maximum Gasteiger partial charge on any atom is 0.416 e. The van der Waals surface area contributed by atoms with Crippen molar-refractivity contribution in [3.05, 3.63) is 57.8 Å². The lowest BCUT2D eigenvalue weighted by Gasteiger charge is -2.12. The molecule has 0 saturated carbocycles. The summed E-state index contributed by atoms with van der Waals surface area (Å²) in [6, 6.07) is 6.62. The van der Waals surface area contributed by atoms with Crippen LogP contribution in [0.4, 0.5) is 18.9 Å². The van der Waals surface area contributed by atoms with Gasteiger partial charge in [0.15, 0.2) is 0 Å². The molecule has 1 aromatic carbocycles. The van der Waals surface area contributed by atoms with Crippen LogP contribution < -0.4 is 5.32 Å². The summed E-state index contributed by atoms with van der Waals surface area (Å²) >= 11 is 3.12. The second-order valence-corrected chi connectivity index (χ2v) is 5.16. The van der Waals surface area contributed by atoms with E-state index in [1.54, 1.807) is 0 Å². The summed E-state index contributed by atoms with van der Waals surface area (Å²) in [6.07, 6.45) is -3.03. The number of amides is 1. The van der Waals surface area contributed by atoms with Gasteiger partial charge in [0, 0.05) is 17.4 Å². The van der Waals surface area contributed by atoms with Gasteiger partial charge in [0.2, 0.25) is 0 Å². The summed E-state index contributed by atoms with van der Waals surface area (Å²) in [5.74, 6) is -0.505. The Morgan fingerprint density at radius 2 is 1.95 bits per heavy atom. The number of nitrogens with one attached hydrogen (secondary N) is 1. The summed E-state index contributed by atoms with van der Waals surface area (Å²) < 4.78 is 38.9. The molecule has 0 fully saturated rings. The second kappa shape index (κ2) is 5.85. The van der Waals surface area contributed by atoms with Gasteiger partial charge in [-0.1, -0.05) is 6.07 Å². The van der Waals surface area contributed by atoms with Crippen molar-refractivity contribution in [1.29, 1.82) is 0 Å². The van der Waals surface area contributed by atoms with Crippen LogP contribution in [0.25, 0.3) is 0 Å². The van der Waals surface area contributed by atoms with Crippen LogP contribution in [0.5, 0.6) is 0 Å². The van der Waals surface area contributed by atoms with E-state index in [4.69, 9.17) is 0 Å². The van der Waals surface area contributed by atoms with Crippen molar-refractivity contribution in [3.63, 3.8) is 0 Å². The van der Waals surface area contributed by atoms with Gasteiger partial charge in [0.25, 0.3) is 5.91 Å². The van der Waals surface area contributed by atoms with Crippen LogP contribution in [0.1, 0.15) is 21.5 Å². The first kappa shape index (κ1) is 15.5. The van der Waals surface area contributed by atoms with Gasteiger partial charge >= 0.3 is 6.18 Å². The number of carbonyl (C=O) groups is 1. The molecule has 0 spiro atoms. The number of alkyl halides is 3. The number of pyridine rings is 1. The maximum absolute atomic E-state index is 12.8. The molecular weight excluding hydrogens is 349 g/mol. The zero-order chi connectivity index (χ0) is 15.6. The third-order valence-corrected chi connectivity index (χ3v) is 3.22. The topological polar surface area (TPSA) is 42.0 Å². The molecule has 1 aromatic heterocycles. The predicted octanol–water partition coefficient (Wildman–Crippen LogP) is 4.42. The Balaban J connectivity index is 2.26. The number of aromatic nitrogens is 1. The van der Waals surface area contributed by atoms with E-state index in [0.29, 0.717) is 10.2 Å². The molecule has 7 heteroatoms. The molecule has 1 amide bonds. The van der Waals surface area contributed by atoms with Crippen LogP contribution in [0, 0.1) is 6.92 Å². The Labute approximate surface area is 127 Å². The second-order valence-electron chi connectivity index (χ2n) is 4.35. The van der Waals surface area contributed by atoms with Crippen LogP contribution in [-0.4, -0.2) is 10.9 Å². The Bertz CT molecular complexity index is 686. The van der Waals surface area contributed by atoms with Gasteiger partial charge in [-0.25, -0.2) is 4.98 Å². The quantitative estimate of drug-likeness (QED) is 0.807. The van der Waals surface area contributed by atoms with E-state index < -0.39 is 17.6 Å². The van der Waals surface area contributed by atoms with E-state index in [9.17, 15) is 18.0 Å². The number of nitrogens with zero attached hydrogens (tertiary/aromatic N) is 1. The molecule has 0 aliphatic heterocycles. The lowest BCUT2D eigenvalue weighted by molar-refractivity contribution is -0.138. The lowest BCUT2D eigenvalue weighted by atomic mass is 10.1. The van der Waals surface area contributed by atoms with Crippen LogP contribution in [0.3, 0.4) is 0 Å². The minimum absolute atomic E-state index is 0.0888. The fraction of sp³-hybridized carbons (Fsp3) is 0.143. The SMILES string of the molecule is Cc1ccc(NC(=O)c2ccnc(Br)c2)cc1C(F)(F)F. The van der Waals surface area contributed by atoms with Crippen molar-refractivity contribution in [3.8, 4) is 0 Å². The van der Waals surface area contributed by atoms with Crippen molar-refractivity contribution in [2.24, 2.45) is 0 Å². The highest BCUT2D eigenvalue weighted by molar-refractivity contribution is 9.10. The summed E-state index contributed by atoms with van der Waals surface area (Å²) in [5, 5.41) is 2.44. The molecule has 1 N–H and O–H groups in total. The van der Waals surface area contributed by atoms with Crippen molar-refractivity contribution >= 4 is 27.5 Å². The van der Waals surface area contributed by atoms with Crippen LogP contribution in [0.15, 0.2) is 41.1 Å². The molecule has 3 nitrogen and oxygen atoms in total. The lowest BCUT2D eigenvalue weighted by Crippen LogP contribution is -2.14. The zero-order valence-electron chi connectivity index (χ0n) is 10.8. The first-order valence-corrected chi connectivity index (χ1v) is 6.67. The molecule has 2 rings (SSSR count). The van der Waals surface area contributed by atoms with Crippen LogP contribution in [-0.2, 0) is 6.18 Å². The Hall–Kier alpha value is -1.89. The highest BCUT2D eigenvalue weighted by Crippen LogP contribution is 2.33. The molecule has 110 valence electrons. The Morgan fingerprint density at radius 1 is 1.24 bits per heavy atom. The molecule has 0 bridgehead atoms. The van der Waals surface area contributed by atoms with Gasteiger partial charge in [-0.05, 0) is 52.7 Å². The first-order valence-electron chi connectivity index (χ1n) is 5.88. The highest BCUT2D eigenvalue weighted by Gasteiger charge is 2.32. The third kappa shape index (κ3) is 3.81.